The zero-order chi connectivity index (χ0) is 18.5. The summed E-state index contributed by atoms with van der Waals surface area (Å²) in [7, 11) is 0. The van der Waals surface area contributed by atoms with Crippen molar-refractivity contribution in [2.45, 2.75) is 19.1 Å². The molecule has 0 radical (unpaired) electrons. The Kier molecular flexibility index (Phi) is 5.11. The number of benzene rings is 1. The lowest BCUT2D eigenvalue weighted by atomic mass is 10.1. The number of carbonyl (C=O) groups excluding carboxylic acids is 1. The van der Waals surface area contributed by atoms with Crippen LogP contribution in [0.15, 0.2) is 55.1 Å². The number of carbonyl (C=O) groups is 1. The van der Waals surface area contributed by atoms with Crippen molar-refractivity contribution in [3.05, 3.63) is 66.2 Å². The predicted molar refractivity (Wildman–Crippen MR) is 101 cm³/mol. The number of hydrogen-bond donors (Lipinski definition) is 3. The van der Waals surface area contributed by atoms with Gasteiger partial charge in [-0.2, -0.15) is 5.10 Å². The van der Waals surface area contributed by atoms with Crippen molar-refractivity contribution >= 4 is 5.91 Å². The first kappa shape index (κ1) is 17.2. The van der Waals surface area contributed by atoms with Crippen LogP contribution in [0.4, 0.5) is 0 Å². The molecular formula is C20H21N5O2. The number of rotatable bonds is 6. The van der Waals surface area contributed by atoms with Gasteiger partial charge in [0.05, 0.1) is 12.4 Å². The van der Waals surface area contributed by atoms with Gasteiger partial charge in [0.15, 0.2) is 0 Å². The maximum Gasteiger partial charge on any atom is 0.251 e. The van der Waals surface area contributed by atoms with Crippen LogP contribution in [0.3, 0.4) is 0 Å². The maximum absolute atomic E-state index is 12.5. The van der Waals surface area contributed by atoms with Gasteiger partial charge in [-0.3, -0.25) is 14.9 Å². The van der Waals surface area contributed by atoms with E-state index in [0.29, 0.717) is 12.1 Å². The van der Waals surface area contributed by atoms with E-state index in [9.17, 15) is 4.79 Å². The Morgan fingerprint density at radius 1 is 1.19 bits per heavy atom. The van der Waals surface area contributed by atoms with Gasteiger partial charge >= 0.3 is 0 Å². The first-order chi connectivity index (χ1) is 13.3. The van der Waals surface area contributed by atoms with Gasteiger partial charge in [0.25, 0.3) is 5.91 Å². The largest absolute Gasteiger partial charge is 0.487 e. The summed E-state index contributed by atoms with van der Waals surface area (Å²) >= 11 is 0. The van der Waals surface area contributed by atoms with Crippen LogP contribution in [0.5, 0.6) is 5.75 Å². The average Bonchev–Trinajstić information content (AvgIpc) is 3.41. The fourth-order valence-corrected chi connectivity index (χ4v) is 3.07. The quantitative estimate of drug-likeness (QED) is 0.624. The van der Waals surface area contributed by atoms with E-state index in [0.717, 1.165) is 42.0 Å². The van der Waals surface area contributed by atoms with Crippen LogP contribution in [0.25, 0.3) is 11.1 Å². The highest BCUT2D eigenvalue weighted by molar-refractivity contribution is 5.94. The molecule has 138 valence electrons. The molecule has 7 nitrogen and oxygen atoms in total. The highest BCUT2D eigenvalue weighted by Crippen LogP contribution is 2.20. The third kappa shape index (κ3) is 4.15. The highest BCUT2D eigenvalue weighted by Gasteiger charge is 2.18. The molecule has 4 rings (SSSR count). The molecule has 1 fully saturated rings. The zero-order valence-electron chi connectivity index (χ0n) is 14.8. The number of pyridine rings is 1. The molecule has 0 saturated carbocycles. The number of nitrogens with one attached hydrogen (secondary N) is 3. The van der Waals surface area contributed by atoms with Crippen molar-refractivity contribution in [1.29, 1.82) is 0 Å². The Labute approximate surface area is 157 Å². The van der Waals surface area contributed by atoms with Crippen molar-refractivity contribution in [1.82, 2.24) is 25.8 Å². The van der Waals surface area contributed by atoms with Crippen LogP contribution >= 0.6 is 0 Å². The molecule has 0 unspecified atom stereocenters. The van der Waals surface area contributed by atoms with Crippen molar-refractivity contribution in [3.63, 3.8) is 0 Å². The smallest absolute Gasteiger partial charge is 0.251 e. The van der Waals surface area contributed by atoms with Gasteiger partial charge in [-0.25, -0.2) is 0 Å². The molecule has 1 saturated heterocycles. The van der Waals surface area contributed by atoms with Gasteiger partial charge < -0.3 is 15.4 Å². The molecule has 1 aliphatic heterocycles. The average molecular weight is 363 g/mol. The van der Waals surface area contributed by atoms with Gasteiger partial charge in [0, 0.05) is 42.2 Å². The number of amides is 1. The van der Waals surface area contributed by atoms with Gasteiger partial charge in [-0.15, -0.1) is 0 Å². The maximum atomic E-state index is 12.5. The highest BCUT2D eigenvalue weighted by atomic mass is 16.5. The first-order valence-corrected chi connectivity index (χ1v) is 8.97. The summed E-state index contributed by atoms with van der Waals surface area (Å²) < 4.78 is 6.02. The molecule has 1 amide bonds. The number of aromatic amines is 1. The molecule has 0 bridgehead atoms. The van der Waals surface area contributed by atoms with Crippen molar-refractivity contribution in [3.8, 4) is 16.9 Å². The van der Waals surface area contributed by atoms with Gasteiger partial charge in [0.2, 0.25) is 0 Å². The number of hydrogen-bond acceptors (Lipinski definition) is 5. The lowest BCUT2D eigenvalue weighted by Gasteiger charge is -2.16. The second-order valence-corrected chi connectivity index (χ2v) is 6.46. The normalized spacial score (nSPS) is 16.2. The van der Waals surface area contributed by atoms with E-state index in [2.05, 4.69) is 25.8 Å². The Balaban J connectivity index is 1.39. The first-order valence-electron chi connectivity index (χ1n) is 8.97. The van der Waals surface area contributed by atoms with Crippen molar-refractivity contribution in [2.24, 2.45) is 0 Å². The van der Waals surface area contributed by atoms with Crippen LogP contribution in [-0.2, 0) is 6.54 Å². The molecule has 3 heterocycles. The van der Waals surface area contributed by atoms with Crippen LogP contribution in [-0.4, -0.2) is 40.3 Å². The Bertz CT molecular complexity index is 887. The summed E-state index contributed by atoms with van der Waals surface area (Å²) in [5.74, 6) is 0.598. The SMILES string of the molecule is O=C(NCc1ccncc1O[C@H]1CCNC1)c1ccc(-c2cn[nH]c2)cc1. The van der Waals surface area contributed by atoms with E-state index < -0.39 is 0 Å². The Morgan fingerprint density at radius 3 is 2.81 bits per heavy atom. The van der Waals surface area contributed by atoms with Gasteiger partial charge in [-0.1, -0.05) is 12.1 Å². The van der Waals surface area contributed by atoms with E-state index >= 15 is 0 Å². The minimum Gasteiger partial charge on any atom is -0.487 e. The van der Waals surface area contributed by atoms with Crippen molar-refractivity contribution in [2.75, 3.05) is 13.1 Å². The lowest BCUT2D eigenvalue weighted by Crippen LogP contribution is -2.24. The standard InChI is InChI=1S/C20H21N5O2/c26-20(15-3-1-14(2-4-15)17-10-24-25-11-17)23-9-16-5-7-22-13-19(16)27-18-6-8-21-12-18/h1-5,7,10-11,13,18,21H,6,8-9,12H2,(H,23,26)(H,24,25)/t18-/m0/s1. The van der Waals surface area contributed by atoms with Gasteiger partial charge in [0.1, 0.15) is 11.9 Å². The molecule has 1 atom stereocenters. The van der Waals surface area contributed by atoms with Crippen LogP contribution in [0.1, 0.15) is 22.3 Å². The van der Waals surface area contributed by atoms with E-state index in [1.54, 1.807) is 18.6 Å². The lowest BCUT2D eigenvalue weighted by molar-refractivity contribution is 0.0950. The third-order valence-corrected chi connectivity index (χ3v) is 4.60. The van der Waals surface area contributed by atoms with E-state index in [1.165, 1.54) is 0 Å². The molecule has 0 aliphatic carbocycles. The van der Waals surface area contributed by atoms with E-state index in [4.69, 9.17) is 4.74 Å². The van der Waals surface area contributed by atoms with Crippen LogP contribution < -0.4 is 15.4 Å². The fourth-order valence-electron chi connectivity index (χ4n) is 3.07. The molecule has 1 aliphatic rings. The minimum atomic E-state index is -0.126. The topological polar surface area (TPSA) is 91.9 Å². The molecule has 2 aromatic heterocycles. The number of nitrogens with zero attached hydrogens (tertiary/aromatic N) is 2. The fraction of sp³-hybridized carbons (Fsp3) is 0.250. The summed E-state index contributed by atoms with van der Waals surface area (Å²) in [5, 5.41) is 13.0. The monoisotopic (exact) mass is 363 g/mol. The third-order valence-electron chi connectivity index (χ3n) is 4.60. The summed E-state index contributed by atoms with van der Waals surface area (Å²) in [6.07, 6.45) is 8.11. The van der Waals surface area contributed by atoms with Crippen LogP contribution in [0.2, 0.25) is 0 Å². The van der Waals surface area contributed by atoms with E-state index in [-0.39, 0.29) is 12.0 Å². The summed E-state index contributed by atoms with van der Waals surface area (Å²) in [6, 6.07) is 9.32. The number of aromatic nitrogens is 3. The second kappa shape index (κ2) is 8.01. The minimum absolute atomic E-state index is 0.126. The summed E-state index contributed by atoms with van der Waals surface area (Å²) in [6.45, 7) is 2.19. The Hall–Kier alpha value is -3.19. The van der Waals surface area contributed by atoms with Crippen LogP contribution in [0, 0.1) is 0 Å². The summed E-state index contributed by atoms with van der Waals surface area (Å²) in [5.41, 5.74) is 3.52. The van der Waals surface area contributed by atoms with Crippen molar-refractivity contribution < 1.29 is 9.53 Å². The number of H-pyrrole nitrogens is 1. The molecule has 1 aromatic carbocycles. The summed E-state index contributed by atoms with van der Waals surface area (Å²) in [4.78, 5) is 16.6. The number of ether oxygens (including phenoxy) is 1. The molecule has 27 heavy (non-hydrogen) atoms. The molecule has 3 N–H and O–H groups in total. The van der Waals surface area contributed by atoms with E-state index in [1.807, 2.05) is 36.5 Å². The Morgan fingerprint density at radius 2 is 2.07 bits per heavy atom. The zero-order valence-corrected chi connectivity index (χ0v) is 14.8. The molecular weight excluding hydrogens is 342 g/mol. The van der Waals surface area contributed by atoms with Gasteiger partial charge in [-0.05, 0) is 36.7 Å². The second-order valence-electron chi connectivity index (χ2n) is 6.46. The molecule has 7 heteroatoms. The molecule has 0 spiro atoms. The molecule has 3 aromatic rings. The predicted octanol–water partition coefficient (Wildman–Crippen LogP) is 2.14.